The lowest BCUT2D eigenvalue weighted by atomic mass is 10.1. The average Bonchev–Trinajstić information content (AvgIpc) is 2.79. The number of anilines is 1. The number of nitrogens with one attached hydrogen (secondary N) is 1. The Kier molecular flexibility index (Phi) is 5.52. The van der Waals surface area contributed by atoms with E-state index in [1.165, 1.54) is 0 Å². The number of methoxy groups -OCH3 is 2. The molecule has 2 heterocycles. The second-order valence-corrected chi connectivity index (χ2v) is 6.48. The van der Waals surface area contributed by atoms with Gasteiger partial charge in [0.05, 0.1) is 19.7 Å². The summed E-state index contributed by atoms with van der Waals surface area (Å²) in [5.74, 6) is 2.69. The van der Waals surface area contributed by atoms with Crippen LogP contribution in [0.1, 0.15) is 5.69 Å². The summed E-state index contributed by atoms with van der Waals surface area (Å²) in [5, 5.41) is 4.33. The summed E-state index contributed by atoms with van der Waals surface area (Å²) in [6.45, 7) is 0.700. The first kappa shape index (κ1) is 18.7. The molecular weight excluding hydrogens is 364 g/mol. The van der Waals surface area contributed by atoms with E-state index in [9.17, 15) is 0 Å². The molecular formula is C23H22N4O2. The third-order valence-corrected chi connectivity index (χ3v) is 4.63. The fourth-order valence-corrected chi connectivity index (χ4v) is 3.16. The van der Waals surface area contributed by atoms with Crippen LogP contribution in [0.2, 0.25) is 0 Å². The van der Waals surface area contributed by atoms with Crippen molar-refractivity contribution < 1.29 is 9.47 Å². The average molecular weight is 386 g/mol. The maximum atomic E-state index is 5.47. The predicted octanol–water partition coefficient (Wildman–Crippen LogP) is 4.36. The lowest BCUT2D eigenvalue weighted by molar-refractivity contribution is 0.356. The predicted molar refractivity (Wildman–Crippen MR) is 115 cm³/mol. The standard InChI is InChI=1S/C23H22N4O2/c1-28-20-14-18-19(15-21(20)29-2)26-22(16-8-4-3-5-9-16)27-23(18)25-13-11-17-10-6-7-12-24-17/h3-10,12,14-15H,11,13H2,1-2H3,(H,25,26,27). The summed E-state index contributed by atoms with van der Waals surface area (Å²) in [7, 11) is 3.24. The van der Waals surface area contributed by atoms with Crippen LogP contribution in [0.3, 0.4) is 0 Å². The highest BCUT2D eigenvalue weighted by Gasteiger charge is 2.14. The number of pyridine rings is 1. The number of ether oxygens (including phenoxy) is 2. The minimum absolute atomic E-state index is 0.636. The molecule has 2 aromatic carbocycles. The summed E-state index contributed by atoms with van der Waals surface area (Å²) in [4.78, 5) is 13.9. The first-order valence-electron chi connectivity index (χ1n) is 9.41. The Morgan fingerprint density at radius 1 is 0.862 bits per heavy atom. The first-order chi connectivity index (χ1) is 14.3. The Morgan fingerprint density at radius 2 is 1.62 bits per heavy atom. The first-order valence-corrected chi connectivity index (χ1v) is 9.41. The Labute approximate surface area is 169 Å². The van der Waals surface area contributed by atoms with Gasteiger partial charge >= 0.3 is 0 Å². The number of hydrogen-bond donors (Lipinski definition) is 1. The highest BCUT2D eigenvalue weighted by molar-refractivity contribution is 5.93. The minimum atomic E-state index is 0.636. The maximum Gasteiger partial charge on any atom is 0.162 e. The Balaban J connectivity index is 1.74. The van der Waals surface area contributed by atoms with Crippen LogP contribution in [-0.4, -0.2) is 35.7 Å². The molecule has 0 unspecified atom stereocenters. The summed E-state index contributed by atoms with van der Waals surface area (Å²) in [6.07, 6.45) is 2.60. The van der Waals surface area contributed by atoms with Crippen molar-refractivity contribution in [1.82, 2.24) is 15.0 Å². The van der Waals surface area contributed by atoms with Gasteiger partial charge in [-0.05, 0) is 18.2 Å². The molecule has 4 aromatic rings. The number of benzene rings is 2. The van der Waals surface area contributed by atoms with E-state index in [0.717, 1.165) is 34.4 Å². The van der Waals surface area contributed by atoms with Crippen molar-refractivity contribution in [3.05, 3.63) is 72.6 Å². The van der Waals surface area contributed by atoms with Crippen LogP contribution in [0.25, 0.3) is 22.3 Å². The molecule has 0 fully saturated rings. The van der Waals surface area contributed by atoms with E-state index in [4.69, 9.17) is 19.4 Å². The zero-order chi connectivity index (χ0) is 20.1. The lowest BCUT2D eigenvalue weighted by Crippen LogP contribution is -2.09. The van der Waals surface area contributed by atoms with E-state index in [2.05, 4.69) is 10.3 Å². The molecule has 1 N–H and O–H groups in total. The van der Waals surface area contributed by atoms with E-state index in [-0.39, 0.29) is 0 Å². The van der Waals surface area contributed by atoms with Gasteiger partial charge in [0.15, 0.2) is 17.3 Å². The smallest absolute Gasteiger partial charge is 0.162 e. The zero-order valence-corrected chi connectivity index (χ0v) is 16.4. The number of nitrogens with zero attached hydrogens (tertiary/aromatic N) is 3. The van der Waals surface area contributed by atoms with Crippen molar-refractivity contribution in [2.45, 2.75) is 6.42 Å². The van der Waals surface area contributed by atoms with E-state index in [1.807, 2.05) is 60.7 Å². The van der Waals surface area contributed by atoms with Gasteiger partial charge in [-0.15, -0.1) is 0 Å². The Morgan fingerprint density at radius 3 is 2.34 bits per heavy atom. The van der Waals surface area contributed by atoms with Gasteiger partial charge in [0.1, 0.15) is 5.82 Å². The van der Waals surface area contributed by atoms with Crippen LogP contribution >= 0.6 is 0 Å². The van der Waals surface area contributed by atoms with Crippen molar-refractivity contribution >= 4 is 16.7 Å². The summed E-state index contributed by atoms with van der Waals surface area (Å²) < 4.78 is 10.9. The van der Waals surface area contributed by atoms with E-state index in [1.54, 1.807) is 20.4 Å². The van der Waals surface area contributed by atoms with Gasteiger partial charge in [-0.2, -0.15) is 0 Å². The number of hydrogen-bond acceptors (Lipinski definition) is 6. The van der Waals surface area contributed by atoms with Crippen molar-refractivity contribution in [3.8, 4) is 22.9 Å². The molecule has 0 aliphatic rings. The second kappa shape index (κ2) is 8.56. The van der Waals surface area contributed by atoms with Crippen molar-refractivity contribution in [3.63, 3.8) is 0 Å². The third kappa shape index (κ3) is 4.11. The molecule has 0 radical (unpaired) electrons. The van der Waals surface area contributed by atoms with Gasteiger partial charge in [-0.25, -0.2) is 9.97 Å². The van der Waals surface area contributed by atoms with Gasteiger partial charge in [-0.3, -0.25) is 4.98 Å². The van der Waals surface area contributed by atoms with Crippen molar-refractivity contribution in [2.24, 2.45) is 0 Å². The molecule has 0 saturated heterocycles. The molecule has 0 bridgehead atoms. The molecule has 6 nitrogen and oxygen atoms in total. The molecule has 6 heteroatoms. The highest BCUT2D eigenvalue weighted by atomic mass is 16.5. The largest absolute Gasteiger partial charge is 0.493 e. The fourth-order valence-electron chi connectivity index (χ4n) is 3.16. The molecule has 146 valence electrons. The molecule has 0 atom stereocenters. The molecule has 0 amide bonds. The number of aromatic nitrogens is 3. The zero-order valence-electron chi connectivity index (χ0n) is 16.4. The third-order valence-electron chi connectivity index (χ3n) is 4.63. The monoisotopic (exact) mass is 386 g/mol. The van der Waals surface area contributed by atoms with Crippen LogP contribution in [-0.2, 0) is 6.42 Å². The molecule has 0 aliphatic heterocycles. The summed E-state index contributed by atoms with van der Waals surface area (Å²) in [5.41, 5.74) is 2.77. The normalized spacial score (nSPS) is 10.7. The van der Waals surface area contributed by atoms with Gasteiger partial charge < -0.3 is 14.8 Å². The molecule has 2 aromatic heterocycles. The quantitative estimate of drug-likeness (QED) is 0.509. The van der Waals surface area contributed by atoms with Crippen LogP contribution in [0.15, 0.2) is 66.9 Å². The molecule has 4 rings (SSSR count). The van der Waals surface area contributed by atoms with Crippen LogP contribution in [0.4, 0.5) is 5.82 Å². The van der Waals surface area contributed by atoms with Gasteiger partial charge in [0.2, 0.25) is 0 Å². The lowest BCUT2D eigenvalue weighted by Gasteiger charge is -2.14. The Hall–Kier alpha value is -3.67. The van der Waals surface area contributed by atoms with Crippen molar-refractivity contribution in [1.29, 1.82) is 0 Å². The van der Waals surface area contributed by atoms with Crippen LogP contribution in [0.5, 0.6) is 11.5 Å². The van der Waals surface area contributed by atoms with Gasteiger partial charge in [-0.1, -0.05) is 36.4 Å². The van der Waals surface area contributed by atoms with Crippen LogP contribution < -0.4 is 14.8 Å². The van der Waals surface area contributed by atoms with E-state index in [0.29, 0.717) is 23.9 Å². The molecule has 29 heavy (non-hydrogen) atoms. The number of fused-ring (bicyclic) bond motifs is 1. The number of rotatable bonds is 7. The Bertz CT molecular complexity index is 1100. The van der Waals surface area contributed by atoms with Gasteiger partial charge in [0, 0.05) is 41.9 Å². The van der Waals surface area contributed by atoms with Crippen LogP contribution in [0, 0.1) is 0 Å². The van der Waals surface area contributed by atoms with Gasteiger partial charge in [0.25, 0.3) is 0 Å². The van der Waals surface area contributed by atoms with E-state index < -0.39 is 0 Å². The van der Waals surface area contributed by atoms with E-state index >= 15 is 0 Å². The fraction of sp³-hybridized carbons (Fsp3) is 0.174. The molecule has 0 spiro atoms. The summed E-state index contributed by atoms with van der Waals surface area (Å²) in [6, 6.07) is 19.6. The minimum Gasteiger partial charge on any atom is -0.493 e. The topological polar surface area (TPSA) is 69.2 Å². The SMILES string of the molecule is COc1cc2nc(-c3ccccc3)nc(NCCc3ccccn3)c2cc1OC. The highest BCUT2D eigenvalue weighted by Crippen LogP contribution is 2.35. The maximum absolute atomic E-state index is 5.47. The second-order valence-electron chi connectivity index (χ2n) is 6.48. The summed E-state index contributed by atoms with van der Waals surface area (Å²) >= 11 is 0. The molecule has 0 aliphatic carbocycles. The van der Waals surface area contributed by atoms with Crippen molar-refractivity contribution in [2.75, 3.05) is 26.1 Å². The molecule has 0 saturated carbocycles.